The fourth-order valence-corrected chi connectivity index (χ4v) is 4.91. The Labute approximate surface area is 186 Å². The monoisotopic (exact) mass is 470 g/mol. The number of esters is 1. The van der Waals surface area contributed by atoms with Crippen LogP contribution in [0.1, 0.15) is 31.0 Å². The molecule has 0 saturated carbocycles. The molecule has 0 radical (unpaired) electrons. The number of carbonyl (C=O) groups excluding carboxylic acids is 1. The van der Waals surface area contributed by atoms with Crippen LogP contribution in [0.5, 0.6) is 5.75 Å². The van der Waals surface area contributed by atoms with Crippen LogP contribution < -0.4 is 9.20 Å². The van der Waals surface area contributed by atoms with E-state index in [1.807, 2.05) is 13.0 Å². The fraction of sp³-hybridized carbons (Fsp3) is 0.269. The molecule has 0 amide bonds. The number of aryl methyl sites for hydroxylation is 2. The maximum atomic E-state index is 11.4. The Hall–Kier alpha value is -2.55. The van der Waals surface area contributed by atoms with Gasteiger partial charge in [0.1, 0.15) is 0 Å². The quantitative estimate of drug-likeness (QED) is 0.341. The van der Waals surface area contributed by atoms with Crippen LogP contribution in [0, 0.1) is 13.8 Å². The first-order chi connectivity index (χ1) is 14.0. The molecule has 0 saturated heterocycles. The third-order valence-corrected chi connectivity index (χ3v) is 6.78. The average Bonchev–Trinajstić information content (AvgIpc) is 2.73. The second-order valence-electron chi connectivity index (χ2n) is 6.87. The van der Waals surface area contributed by atoms with Gasteiger partial charge in [-0.1, -0.05) is 7.43 Å². The molecule has 0 bridgehead atoms. The number of hydrogen-bond donors (Lipinski definition) is 0. The zero-order valence-corrected chi connectivity index (χ0v) is 18.8. The molecular formula is C26H30O3Se. The van der Waals surface area contributed by atoms with Gasteiger partial charge in [0.05, 0.1) is 0 Å². The first-order valence-corrected chi connectivity index (χ1v) is 11.8. The first-order valence-electron chi connectivity index (χ1n) is 9.73. The molecule has 3 aromatic rings. The Morgan fingerprint density at radius 3 is 2.13 bits per heavy atom. The topological polar surface area (TPSA) is 35.5 Å². The summed E-state index contributed by atoms with van der Waals surface area (Å²) in [4.78, 5) is 11.4. The minimum atomic E-state index is -0.339. The standard InChI is InChI=1S/C25H26O3Se.CH4/c1-4-27-25(26)16-28-24-14-13-23(15-19(24)3)29-17-20-7-11-22(12-8-20)21-9-5-18(2)6-10-21;/h5-15H,4,16-17H2,1-3H3;1H4. The number of ether oxygens (including phenoxy) is 2. The molecule has 0 spiro atoms. The molecule has 158 valence electrons. The number of rotatable bonds is 8. The third-order valence-electron chi connectivity index (χ3n) is 4.54. The van der Waals surface area contributed by atoms with Crippen LogP contribution in [0.3, 0.4) is 0 Å². The molecule has 0 atom stereocenters. The van der Waals surface area contributed by atoms with E-state index < -0.39 is 0 Å². The summed E-state index contributed by atoms with van der Waals surface area (Å²) in [7, 11) is 0. The second-order valence-corrected chi connectivity index (χ2v) is 9.07. The molecule has 0 aromatic heterocycles. The van der Waals surface area contributed by atoms with Gasteiger partial charge in [-0.15, -0.1) is 0 Å². The summed E-state index contributed by atoms with van der Waals surface area (Å²) in [6.45, 7) is 6.23. The molecular weight excluding hydrogens is 439 g/mol. The van der Waals surface area contributed by atoms with Crippen LogP contribution in [0.4, 0.5) is 0 Å². The van der Waals surface area contributed by atoms with E-state index in [1.165, 1.54) is 26.7 Å². The Balaban J connectivity index is 0.00000320. The molecule has 3 rings (SSSR count). The molecule has 0 N–H and O–H groups in total. The van der Waals surface area contributed by atoms with Crippen LogP contribution in [0.25, 0.3) is 11.1 Å². The Kier molecular flexibility index (Phi) is 9.16. The summed E-state index contributed by atoms with van der Waals surface area (Å²) in [5.74, 6) is 0.398. The van der Waals surface area contributed by atoms with Gasteiger partial charge in [0.2, 0.25) is 0 Å². The molecule has 30 heavy (non-hydrogen) atoms. The molecule has 3 aromatic carbocycles. The summed E-state index contributed by atoms with van der Waals surface area (Å²) in [6, 6.07) is 23.7. The average molecular weight is 469 g/mol. The van der Waals surface area contributed by atoms with Crippen LogP contribution in [0.2, 0.25) is 0 Å². The zero-order chi connectivity index (χ0) is 20.6. The predicted molar refractivity (Wildman–Crippen MR) is 126 cm³/mol. The molecule has 0 aliphatic rings. The normalized spacial score (nSPS) is 10.2. The van der Waals surface area contributed by atoms with Crippen molar-refractivity contribution in [1.82, 2.24) is 0 Å². The summed E-state index contributed by atoms with van der Waals surface area (Å²) >= 11 is 0.343. The van der Waals surface area contributed by atoms with Crippen molar-refractivity contribution in [3.8, 4) is 16.9 Å². The van der Waals surface area contributed by atoms with Crippen molar-refractivity contribution < 1.29 is 14.3 Å². The van der Waals surface area contributed by atoms with E-state index in [0.29, 0.717) is 21.6 Å². The van der Waals surface area contributed by atoms with Crippen molar-refractivity contribution in [1.29, 1.82) is 0 Å². The molecule has 0 fully saturated rings. The summed E-state index contributed by atoms with van der Waals surface area (Å²) in [5, 5.41) is 1.05. The Bertz CT molecular complexity index is 947. The van der Waals surface area contributed by atoms with Gasteiger partial charge in [-0.05, 0) is 0 Å². The molecule has 0 heterocycles. The SMILES string of the molecule is C.CCOC(=O)COc1ccc([Se]Cc2ccc(-c3ccc(C)cc3)cc2)cc1C. The Morgan fingerprint density at radius 1 is 0.900 bits per heavy atom. The summed E-state index contributed by atoms with van der Waals surface area (Å²) < 4.78 is 11.8. The first kappa shape index (κ1) is 23.7. The van der Waals surface area contributed by atoms with Gasteiger partial charge in [0.15, 0.2) is 0 Å². The molecule has 0 unspecified atom stereocenters. The van der Waals surface area contributed by atoms with Crippen molar-refractivity contribution in [2.24, 2.45) is 0 Å². The van der Waals surface area contributed by atoms with Gasteiger partial charge < -0.3 is 0 Å². The van der Waals surface area contributed by atoms with Crippen molar-refractivity contribution in [2.45, 2.75) is 33.5 Å². The van der Waals surface area contributed by atoms with Crippen LogP contribution in [-0.2, 0) is 14.9 Å². The van der Waals surface area contributed by atoms with E-state index in [-0.39, 0.29) is 20.0 Å². The van der Waals surface area contributed by atoms with Crippen molar-refractivity contribution >= 4 is 25.4 Å². The Morgan fingerprint density at radius 2 is 1.53 bits per heavy atom. The van der Waals surface area contributed by atoms with Crippen LogP contribution in [0.15, 0.2) is 66.7 Å². The third kappa shape index (κ3) is 6.76. The number of benzene rings is 3. The van der Waals surface area contributed by atoms with E-state index in [4.69, 9.17) is 9.47 Å². The van der Waals surface area contributed by atoms with Gasteiger partial charge in [0.25, 0.3) is 0 Å². The molecule has 3 nitrogen and oxygen atoms in total. The van der Waals surface area contributed by atoms with Gasteiger partial charge >= 0.3 is 179 Å². The van der Waals surface area contributed by atoms with Gasteiger partial charge in [-0.3, -0.25) is 0 Å². The van der Waals surface area contributed by atoms with E-state index in [0.717, 1.165) is 16.6 Å². The molecule has 0 aliphatic heterocycles. The molecule has 0 aliphatic carbocycles. The maximum absolute atomic E-state index is 11.4. The summed E-state index contributed by atoms with van der Waals surface area (Å²) in [6.07, 6.45) is 0. The van der Waals surface area contributed by atoms with E-state index in [2.05, 4.69) is 67.6 Å². The van der Waals surface area contributed by atoms with Crippen molar-refractivity contribution in [3.05, 3.63) is 83.4 Å². The van der Waals surface area contributed by atoms with Crippen molar-refractivity contribution in [3.63, 3.8) is 0 Å². The van der Waals surface area contributed by atoms with E-state index in [9.17, 15) is 4.79 Å². The zero-order valence-electron chi connectivity index (χ0n) is 17.1. The van der Waals surface area contributed by atoms with E-state index >= 15 is 0 Å². The van der Waals surface area contributed by atoms with Gasteiger partial charge in [-0.2, -0.15) is 0 Å². The molecule has 4 heteroatoms. The number of carbonyl (C=O) groups is 1. The van der Waals surface area contributed by atoms with Crippen LogP contribution in [-0.4, -0.2) is 34.1 Å². The summed E-state index contributed by atoms with van der Waals surface area (Å²) in [5.41, 5.74) is 6.17. The van der Waals surface area contributed by atoms with Gasteiger partial charge in [-0.25, -0.2) is 0 Å². The van der Waals surface area contributed by atoms with Crippen molar-refractivity contribution in [2.75, 3.05) is 13.2 Å². The fourth-order valence-electron chi connectivity index (χ4n) is 2.92. The van der Waals surface area contributed by atoms with Gasteiger partial charge in [0, 0.05) is 0 Å². The minimum absolute atomic E-state index is 0. The van der Waals surface area contributed by atoms with Crippen LogP contribution >= 0.6 is 0 Å². The predicted octanol–water partition coefficient (Wildman–Crippen LogP) is 5.08. The number of hydrogen-bond acceptors (Lipinski definition) is 3. The van der Waals surface area contributed by atoms with E-state index in [1.54, 1.807) is 6.92 Å². The second kappa shape index (κ2) is 11.6.